The number of rotatable bonds is 7. The first-order valence-electron chi connectivity index (χ1n) is 6.39. The summed E-state index contributed by atoms with van der Waals surface area (Å²) >= 11 is 0. The minimum Gasteiger partial charge on any atom is -0.520 e. The lowest BCUT2D eigenvalue weighted by Crippen LogP contribution is -2.34. The molecule has 0 saturated carbocycles. The number of carbonyl (C=O) groups excluding carboxylic acids is 2. The van der Waals surface area contributed by atoms with Crippen molar-refractivity contribution in [3.05, 3.63) is 0 Å². The molecule has 0 aromatic heterocycles. The van der Waals surface area contributed by atoms with E-state index in [9.17, 15) is 9.59 Å². The van der Waals surface area contributed by atoms with E-state index in [4.69, 9.17) is 13.6 Å². The molecule has 19 heavy (non-hydrogen) atoms. The van der Waals surface area contributed by atoms with Crippen LogP contribution in [-0.2, 0) is 23.2 Å². The summed E-state index contributed by atoms with van der Waals surface area (Å²) in [4.78, 5) is 23.4. The van der Waals surface area contributed by atoms with Crippen LogP contribution in [0.3, 0.4) is 0 Å². The van der Waals surface area contributed by atoms with Crippen molar-refractivity contribution >= 4 is 28.6 Å². The second kappa shape index (κ2) is 7.21. The molecule has 7 heteroatoms. The van der Waals surface area contributed by atoms with Gasteiger partial charge in [-0.05, 0) is 39.3 Å². The predicted octanol–water partition coefficient (Wildman–Crippen LogP) is 2.54. The Hall–Kier alpha value is -0.666. The smallest absolute Gasteiger partial charge is 0.295 e. The van der Waals surface area contributed by atoms with E-state index in [1.165, 1.54) is 7.11 Å². The van der Waals surface area contributed by atoms with Gasteiger partial charge in [-0.15, -0.1) is 0 Å². The Bertz CT molecular complexity index is 287. The minimum atomic E-state index is -1.89. The lowest BCUT2D eigenvalue weighted by atomic mass is 10.2. The van der Waals surface area contributed by atoms with Gasteiger partial charge in [0.2, 0.25) is 16.6 Å². The molecule has 0 atom stereocenters. The second-order valence-electron chi connectivity index (χ2n) is 6.44. The molecule has 0 aromatic rings. The van der Waals surface area contributed by atoms with Gasteiger partial charge in [-0.3, -0.25) is 9.59 Å². The van der Waals surface area contributed by atoms with E-state index in [-0.39, 0.29) is 24.8 Å². The summed E-state index contributed by atoms with van der Waals surface area (Å²) in [6.07, 6.45) is -0.309. The highest BCUT2D eigenvalue weighted by molar-refractivity contribution is 6.71. The van der Waals surface area contributed by atoms with E-state index in [0.717, 1.165) is 0 Å². The van der Waals surface area contributed by atoms with E-state index in [1.807, 2.05) is 39.3 Å². The van der Waals surface area contributed by atoms with Crippen LogP contribution in [0.4, 0.5) is 0 Å². The van der Waals surface area contributed by atoms with Crippen molar-refractivity contribution in [2.45, 2.75) is 58.2 Å². The Kier molecular flexibility index (Phi) is 6.95. The molecule has 0 spiro atoms. The maximum atomic E-state index is 11.7. The maximum Gasteiger partial charge on any atom is 0.295 e. The quantitative estimate of drug-likeness (QED) is 0.676. The van der Waals surface area contributed by atoms with E-state index in [0.29, 0.717) is 0 Å². The van der Waals surface area contributed by atoms with Crippen LogP contribution in [-0.4, -0.2) is 41.8 Å². The highest BCUT2D eigenvalue weighted by atomic mass is 28.4. The van der Waals surface area contributed by atoms with E-state index in [1.54, 1.807) is 0 Å². The molecule has 0 aromatic carbocycles. The summed E-state index contributed by atoms with van der Waals surface area (Å²) in [6.45, 7) is 11.6. The largest absolute Gasteiger partial charge is 0.520 e. The zero-order chi connectivity index (χ0) is 15.3. The van der Waals surface area contributed by atoms with E-state index < -0.39 is 22.7 Å². The molecule has 0 rings (SSSR count). The van der Waals surface area contributed by atoms with Gasteiger partial charge < -0.3 is 13.6 Å². The van der Waals surface area contributed by atoms with Crippen molar-refractivity contribution in [1.82, 2.24) is 0 Å². The fraction of sp³-hybridized carbons (Fsp3) is 0.833. The number of ether oxygens (including phenoxy) is 1. The van der Waals surface area contributed by atoms with Crippen molar-refractivity contribution in [1.29, 1.82) is 0 Å². The average Bonchev–Trinajstić information content (AvgIpc) is 2.10. The molecule has 112 valence electrons. The van der Waals surface area contributed by atoms with E-state index >= 15 is 0 Å². The summed E-state index contributed by atoms with van der Waals surface area (Å²) < 4.78 is 15.8. The third-order valence-corrected chi connectivity index (χ3v) is 3.64. The highest BCUT2D eigenvalue weighted by Gasteiger charge is 2.26. The average molecular weight is 307 g/mol. The van der Waals surface area contributed by atoms with Crippen molar-refractivity contribution < 1.29 is 23.2 Å². The summed E-state index contributed by atoms with van der Waals surface area (Å²) in [7, 11) is -2.30. The van der Waals surface area contributed by atoms with Gasteiger partial charge in [0.25, 0.3) is 11.9 Å². The number of carbonyl (C=O) groups is 2. The third kappa shape index (κ3) is 10.9. The third-order valence-electron chi connectivity index (χ3n) is 1.96. The SMILES string of the molecule is COC(CC(=O)O[Si](C)(C)C)CC(=O)O[Si](C)(C)C. The first-order valence-corrected chi connectivity index (χ1v) is 13.2. The number of hydrogen-bond donors (Lipinski definition) is 0. The molecule has 0 amide bonds. The molecule has 0 heterocycles. The molecular weight excluding hydrogens is 280 g/mol. The number of methoxy groups -OCH3 is 1. The second-order valence-corrected chi connectivity index (χ2v) is 15.3. The van der Waals surface area contributed by atoms with Crippen LogP contribution >= 0.6 is 0 Å². The number of hydrogen-bond acceptors (Lipinski definition) is 5. The molecule has 0 radical (unpaired) electrons. The highest BCUT2D eigenvalue weighted by Crippen LogP contribution is 2.12. The first kappa shape index (κ1) is 18.3. The molecule has 0 aliphatic rings. The van der Waals surface area contributed by atoms with Crippen LogP contribution in [0.15, 0.2) is 0 Å². The lowest BCUT2D eigenvalue weighted by molar-refractivity contribution is -0.141. The zero-order valence-corrected chi connectivity index (χ0v) is 15.0. The Morgan fingerprint density at radius 2 is 1.16 bits per heavy atom. The zero-order valence-electron chi connectivity index (χ0n) is 13.0. The molecule has 0 N–H and O–H groups in total. The lowest BCUT2D eigenvalue weighted by Gasteiger charge is -2.22. The van der Waals surface area contributed by atoms with Gasteiger partial charge in [0, 0.05) is 7.11 Å². The molecule has 0 saturated heterocycles. The van der Waals surface area contributed by atoms with E-state index in [2.05, 4.69) is 0 Å². The van der Waals surface area contributed by atoms with Crippen LogP contribution in [0.5, 0.6) is 0 Å². The summed E-state index contributed by atoms with van der Waals surface area (Å²) in [6, 6.07) is 0. The molecule has 0 aliphatic carbocycles. The molecule has 5 nitrogen and oxygen atoms in total. The molecular formula is C12H26O5Si2. The first-order chi connectivity index (χ1) is 8.43. The van der Waals surface area contributed by atoms with Crippen LogP contribution in [0.2, 0.25) is 39.3 Å². The van der Waals surface area contributed by atoms with Crippen molar-refractivity contribution in [3.8, 4) is 0 Å². The Morgan fingerprint density at radius 1 is 0.842 bits per heavy atom. The van der Waals surface area contributed by atoms with Gasteiger partial charge in [-0.2, -0.15) is 0 Å². The van der Waals surface area contributed by atoms with Crippen molar-refractivity contribution in [2.75, 3.05) is 7.11 Å². The molecule has 0 aliphatic heterocycles. The standard InChI is InChI=1S/C12H26O5Si2/c1-15-10(8-11(13)16-18(2,3)4)9-12(14)17-19(5,6)7/h10H,8-9H2,1-7H3. The van der Waals surface area contributed by atoms with Gasteiger partial charge in [0.1, 0.15) is 0 Å². The van der Waals surface area contributed by atoms with Crippen molar-refractivity contribution in [3.63, 3.8) is 0 Å². The van der Waals surface area contributed by atoms with Gasteiger partial charge in [-0.1, -0.05) is 0 Å². The monoisotopic (exact) mass is 306 g/mol. The van der Waals surface area contributed by atoms with Gasteiger partial charge >= 0.3 is 0 Å². The van der Waals surface area contributed by atoms with Gasteiger partial charge in [0.05, 0.1) is 18.9 Å². The topological polar surface area (TPSA) is 61.8 Å². The summed E-state index contributed by atoms with van der Waals surface area (Å²) in [5.41, 5.74) is 0. The van der Waals surface area contributed by atoms with Gasteiger partial charge in [0.15, 0.2) is 0 Å². The maximum absolute atomic E-state index is 11.7. The van der Waals surface area contributed by atoms with Crippen LogP contribution in [0.1, 0.15) is 12.8 Å². The molecule has 0 fully saturated rings. The molecule has 0 unspecified atom stereocenters. The predicted molar refractivity (Wildman–Crippen MR) is 78.9 cm³/mol. The van der Waals surface area contributed by atoms with Gasteiger partial charge in [-0.25, -0.2) is 0 Å². The fourth-order valence-corrected chi connectivity index (χ4v) is 2.91. The summed E-state index contributed by atoms with van der Waals surface area (Å²) in [5, 5.41) is 0. The van der Waals surface area contributed by atoms with Crippen molar-refractivity contribution in [2.24, 2.45) is 0 Å². The van der Waals surface area contributed by atoms with Crippen LogP contribution in [0.25, 0.3) is 0 Å². The summed E-state index contributed by atoms with van der Waals surface area (Å²) in [5.74, 6) is -0.626. The Morgan fingerprint density at radius 3 is 1.37 bits per heavy atom. The minimum absolute atomic E-state index is 0.0849. The van der Waals surface area contributed by atoms with Crippen LogP contribution < -0.4 is 0 Å². The Balaban J connectivity index is 4.29. The normalized spacial score (nSPS) is 12.4. The Labute approximate surface area is 117 Å². The molecule has 0 bridgehead atoms. The van der Waals surface area contributed by atoms with Crippen LogP contribution in [0, 0.1) is 0 Å². The fourth-order valence-electron chi connectivity index (χ4n) is 1.38.